The fourth-order valence-electron chi connectivity index (χ4n) is 3.52. The van der Waals surface area contributed by atoms with Crippen LogP contribution in [0.3, 0.4) is 0 Å². The normalized spacial score (nSPS) is 12.6. The van der Waals surface area contributed by atoms with Crippen LogP contribution in [-0.2, 0) is 4.74 Å². The van der Waals surface area contributed by atoms with Gasteiger partial charge in [-0.3, -0.25) is 4.48 Å². The van der Waals surface area contributed by atoms with Gasteiger partial charge in [0, 0.05) is 0 Å². The zero-order chi connectivity index (χ0) is 17.2. The second-order valence-electron chi connectivity index (χ2n) is 6.46. The van der Waals surface area contributed by atoms with Gasteiger partial charge >= 0.3 is 0 Å². The summed E-state index contributed by atoms with van der Waals surface area (Å²) in [7, 11) is 0. The number of nitrogens with zero attached hydrogens (tertiary/aromatic N) is 2. The fraction of sp³-hybridized carbons (Fsp3) is 0.700. The third kappa shape index (κ3) is 5.30. The maximum absolute atomic E-state index is 6.04. The zero-order valence-corrected chi connectivity index (χ0v) is 16.1. The first-order chi connectivity index (χ1) is 11.1. The van der Waals surface area contributed by atoms with Gasteiger partial charge in [0.25, 0.3) is 0 Å². The predicted molar refractivity (Wildman–Crippen MR) is 102 cm³/mol. The Labute approximate surface area is 144 Å². The van der Waals surface area contributed by atoms with Gasteiger partial charge in [-0.25, -0.2) is 0 Å². The molecule has 0 fully saturated rings. The molecule has 0 atom stereocenters. The van der Waals surface area contributed by atoms with Crippen molar-refractivity contribution in [2.75, 3.05) is 59.0 Å². The van der Waals surface area contributed by atoms with E-state index in [2.05, 4.69) is 65.0 Å². The Hall–Kier alpha value is -0.900. The highest BCUT2D eigenvalue weighted by Crippen LogP contribution is 2.22. The zero-order valence-electron chi connectivity index (χ0n) is 16.1. The van der Waals surface area contributed by atoms with Crippen molar-refractivity contribution in [3.8, 4) is 0 Å². The SMILES string of the molecule is CC[N+](CC)(CC)CCOCC[N+](CC)(CC)c1ccccc1. The van der Waals surface area contributed by atoms with E-state index >= 15 is 0 Å². The molecule has 23 heavy (non-hydrogen) atoms. The number of benzene rings is 1. The Morgan fingerprint density at radius 2 is 1.22 bits per heavy atom. The summed E-state index contributed by atoms with van der Waals surface area (Å²) in [4.78, 5) is 0. The van der Waals surface area contributed by atoms with Crippen LogP contribution in [0.4, 0.5) is 5.69 Å². The standard InChI is InChI=1S/C20H38N2O/c1-6-21(7-2,8-3)16-18-23-19-17-22(9-4,10-5)20-14-12-11-13-15-20/h11-15H,6-10,16-19H2,1-5H3/q+2. The third-order valence-corrected chi connectivity index (χ3v) is 5.90. The monoisotopic (exact) mass is 322 g/mol. The average molecular weight is 323 g/mol. The molecule has 0 aromatic heterocycles. The van der Waals surface area contributed by atoms with Crippen LogP contribution in [0.2, 0.25) is 0 Å². The minimum atomic E-state index is 0.841. The van der Waals surface area contributed by atoms with Gasteiger partial charge in [-0.05, 0) is 46.8 Å². The molecule has 0 bridgehead atoms. The Balaban J connectivity index is 2.52. The predicted octanol–water partition coefficient (Wildman–Crippen LogP) is 3.93. The number of hydrogen-bond donors (Lipinski definition) is 0. The summed E-state index contributed by atoms with van der Waals surface area (Å²) in [6.45, 7) is 21.2. The molecule has 1 aromatic carbocycles. The summed E-state index contributed by atoms with van der Waals surface area (Å²) in [6, 6.07) is 10.9. The third-order valence-electron chi connectivity index (χ3n) is 5.90. The number of hydrogen-bond acceptors (Lipinski definition) is 1. The largest absolute Gasteiger partial charge is 0.370 e. The van der Waals surface area contributed by atoms with E-state index in [0.29, 0.717) is 0 Å². The number of quaternary nitrogens is 2. The lowest BCUT2D eigenvalue weighted by Crippen LogP contribution is -2.52. The summed E-state index contributed by atoms with van der Waals surface area (Å²) in [5, 5.41) is 0. The Kier molecular flexibility index (Phi) is 8.82. The highest BCUT2D eigenvalue weighted by Gasteiger charge is 2.26. The highest BCUT2D eigenvalue weighted by molar-refractivity contribution is 5.42. The van der Waals surface area contributed by atoms with Crippen molar-refractivity contribution in [3.05, 3.63) is 30.3 Å². The summed E-state index contributed by atoms with van der Waals surface area (Å²) >= 11 is 0. The molecule has 0 radical (unpaired) electrons. The van der Waals surface area contributed by atoms with Gasteiger partial charge in [0.1, 0.15) is 18.8 Å². The van der Waals surface area contributed by atoms with Gasteiger partial charge in [-0.1, -0.05) is 18.2 Å². The van der Waals surface area contributed by atoms with E-state index in [4.69, 9.17) is 4.74 Å². The van der Waals surface area contributed by atoms with E-state index in [9.17, 15) is 0 Å². The maximum atomic E-state index is 6.04. The maximum Gasteiger partial charge on any atom is 0.132 e. The topological polar surface area (TPSA) is 9.23 Å². The van der Waals surface area contributed by atoms with Crippen molar-refractivity contribution in [1.82, 2.24) is 4.48 Å². The van der Waals surface area contributed by atoms with Crippen LogP contribution in [0.25, 0.3) is 0 Å². The average Bonchev–Trinajstić information content (AvgIpc) is 2.63. The first-order valence-corrected chi connectivity index (χ1v) is 9.46. The van der Waals surface area contributed by atoms with Crippen molar-refractivity contribution in [2.24, 2.45) is 0 Å². The summed E-state index contributed by atoms with van der Waals surface area (Å²) < 4.78 is 8.22. The smallest absolute Gasteiger partial charge is 0.132 e. The van der Waals surface area contributed by atoms with Crippen molar-refractivity contribution >= 4 is 5.69 Å². The lowest BCUT2D eigenvalue weighted by atomic mass is 10.2. The van der Waals surface area contributed by atoms with Gasteiger partial charge in [-0.15, -0.1) is 0 Å². The Morgan fingerprint density at radius 1 is 0.696 bits per heavy atom. The summed E-state index contributed by atoms with van der Waals surface area (Å²) in [5.74, 6) is 0. The molecule has 0 amide bonds. The van der Waals surface area contributed by atoms with E-state index < -0.39 is 0 Å². The van der Waals surface area contributed by atoms with E-state index in [-0.39, 0.29) is 0 Å². The van der Waals surface area contributed by atoms with Crippen LogP contribution in [0.1, 0.15) is 34.6 Å². The quantitative estimate of drug-likeness (QED) is 0.418. The molecule has 0 saturated carbocycles. The summed E-state index contributed by atoms with van der Waals surface area (Å²) in [5.41, 5.74) is 1.40. The van der Waals surface area contributed by atoms with Gasteiger partial charge in [0.05, 0.1) is 45.9 Å². The molecular weight excluding hydrogens is 284 g/mol. The molecule has 1 rings (SSSR count). The van der Waals surface area contributed by atoms with Crippen LogP contribution in [0, 0.1) is 0 Å². The van der Waals surface area contributed by atoms with E-state index in [1.807, 2.05) is 0 Å². The van der Waals surface area contributed by atoms with Crippen molar-refractivity contribution in [1.29, 1.82) is 0 Å². The van der Waals surface area contributed by atoms with E-state index in [1.54, 1.807) is 0 Å². The molecule has 0 aliphatic carbocycles. The molecule has 0 heterocycles. The van der Waals surface area contributed by atoms with Gasteiger partial charge in [0.15, 0.2) is 0 Å². The minimum Gasteiger partial charge on any atom is -0.370 e. The van der Waals surface area contributed by atoms with Crippen molar-refractivity contribution in [3.63, 3.8) is 0 Å². The van der Waals surface area contributed by atoms with Crippen molar-refractivity contribution in [2.45, 2.75) is 34.6 Å². The molecule has 0 aliphatic rings. The molecule has 0 unspecified atom stereocenters. The van der Waals surface area contributed by atoms with E-state index in [1.165, 1.54) is 29.8 Å². The van der Waals surface area contributed by atoms with Crippen LogP contribution < -0.4 is 4.48 Å². The molecule has 1 aromatic rings. The Bertz CT molecular complexity index is 403. The van der Waals surface area contributed by atoms with Gasteiger partial charge < -0.3 is 9.22 Å². The van der Waals surface area contributed by atoms with E-state index in [0.717, 1.165) is 43.9 Å². The fourth-order valence-corrected chi connectivity index (χ4v) is 3.52. The first kappa shape index (κ1) is 20.1. The van der Waals surface area contributed by atoms with Gasteiger partial charge in [0.2, 0.25) is 0 Å². The molecule has 0 saturated heterocycles. The molecule has 0 aliphatic heterocycles. The van der Waals surface area contributed by atoms with Crippen LogP contribution in [-0.4, -0.2) is 63.5 Å². The number of ether oxygens (including phenoxy) is 1. The summed E-state index contributed by atoms with van der Waals surface area (Å²) in [6.07, 6.45) is 0. The second kappa shape index (κ2) is 10.1. The first-order valence-electron chi connectivity index (χ1n) is 9.46. The minimum absolute atomic E-state index is 0.841. The number of likely N-dealkylation sites (N-methyl/N-ethyl adjacent to an activating group) is 2. The van der Waals surface area contributed by atoms with Gasteiger partial charge in [-0.2, -0.15) is 0 Å². The number of para-hydroxylation sites is 1. The highest BCUT2D eigenvalue weighted by atomic mass is 16.5. The van der Waals surface area contributed by atoms with Crippen LogP contribution >= 0.6 is 0 Å². The lowest BCUT2D eigenvalue weighted by Gasteiger charge is -2.37. The molecule has 3 nitrogen and oxygen atoms in total. The lowest BCUT2D eigenvalue weighted by molar-refractivity contribution is -0.923. The van der Waals surface area contributed by atoms with Crippen LogP contribution in [0.5, 0.6) is 0 Å². The van der Waals surface area contributed by atoms with Crippen LogP contribution in [0.15, 0.2) is 30.3 Å². The molecule has 0 spiro atoms. The molecular formula is C20H38N2O+2. The second-order valence-corrected chi connectivity index (χ2v) is 6.46. The Morgan fingerprint density at radius 3 is 1.70 bits per heavy atom. The molecule has 3 heteroatoms. The number of rotatable bonds is 12. The molecule has 0 N–H and O–H groups in total. The van der Waals surface area contributed by atoms with Crippen molar-refractivity contribution < 1.29 is 9.22 Å². The molecule has 132 valence electrons.